The number of aromatic nitrogens is 2. The second kappa shape index (κ2) is 5.74. The molecule has 2 rings (SSSR count). The third-order valence-electron chi connectivity index (χ3n) is 3.20. The Morgan fingerprint density at radius 2 is 2.05 bits per heavy atom. The van der Waals surface area contributed by atoms with E-state index >= 15 is 0 Å². The van der Waals surface area contributed by atoms with Gasteiger partial charge in [0.15, 0.2) is 0 Å². The van der Waals surface area contributed by atoms with Crippen molar-refractivity contribution < 1.29 is 4.79 Å². The maximum absolute atomic E-state index is 12.2. The topological polar surface area (TPSA) is 38.1 Å². The number of rotatable bonds is 4. The number of aryl methyl sites for hydroxylation is 2. The van der Waals surface area contributed by atoms with Crippen LogP contribution in [0.5, 0.6) is 0 Å². The van der Waals surface area contributed by atoms with Gasteiger partial charge in [-0.1, -0.05) is 24.3 Å². The SMILES string of the molecule is C=CCn1ccnc1N(C(C)=O)c1c(C)cccc1C. The van der Waals surface area contributed by atoms with Gasteiger partial charge >= 0.3 is 0 Å². The lowest BCUT2D eigenvalue weighted by atomic mass is 10.1. The second-order valence-electron chi connectivity index (χ2n) is 4.76. The van der Waals surface area contributed by atoms with Crippen LogP contribution in [-0.4, -0.2) is 15.5 Å². The maximum Gasteiger partial charge on any atom is 0.230 e. The summed E-state index contributed by atoms with van der Waals surface area (Å²) in [4.78, 5) is 18.1. The number of nitrogens with zero attached hydrogens (tertiary/aromatic N) is 3. The van der Waals surface area contributed by atoms with Gasteiger partial charge in [-0.05, 0) is 25.0 Å². The van der Waals surface area contributed by atoms with Crippen molar-refractivity contribution in [3.63, 3.8) is 0 Å². The molecule has 0 aliphatic heterocycles. The number of hydrogen-bond donors (Lipinski definition) is 0. The predicted octanol–water partition coefficient (Wildman–Crippen LogP) is 3.37. The average molecular weight is 269 g/mol. The van der Waals surface area contributed by atoms with Crippen LogP contribution in [0.3, 0.4) is 0 Å². The lowest BCUT2D eigenvalue weighted by Crippen LogP contribution is -2.27. The summed E-state index contributed by atoms with van der Waals surface area (Å²) in [6, 6.07) is 5.99. The van der Waals surface area contributed by atoms with E-state index in [1.54, 1.807) is 24.1 Å². The fraction of sp³-hybridized carbons (Fsp3) is 0.250. The molecule has 0 aliphatic rings. The van der Waals surface area contributed by atoms with Crippen molar-refractivity contribution in [1.29, 1.82) is 0 Å². The van der Waals surface area contributed by atoms with Gasteiger partial charge in [-0.3, -0.25) is 4.79 Å². The van der Waals surface area contributed by atoms with Gasteiger partial charge in [0.25, 0.3) is 0 Å². The molecule has 1 aromatic heterocycles. The second-order valence-corrected chi connectivity index (χ2v) is 4.76. The highest BCUT2D eigenvalue weighted by Crippen LogP contribution is 2.30. The molecule has 0 bridgehead atoms. The lowest BCUT2D eigenvalue weighted by molar-refractivity contribution is -0.115. The van der Waals surface area contributed by atoms with E-state index in [9.17, 15) is 4.79 Å². The Labute approximate surface area is 119 Å². The maximum atomic E-state index is 12.2. The molecule has 2 aromatic rings. The molecular formula is C16H19N3O. The van der Waals surface area contributed by atoms with Crippen LogP contribution in [0.2, 0.25) is 0 Å². The molecule has 4 heteroatoms. The first-order chi connectivity index (χ1) is 9.56. The van der Waals surface area contributed by atoms with Gasteiger partial charge in [-0.25, -0.2) is 9.88 Å². The van der Waals surface area contributed by atoms with Crippen LogP contribution in [0.25, 0.3) is 0 Å². The van der Waals surface area contributed by atoms with Crippen LogP contribution in [-0.2, 0) is 11.3 Å². The normalized spacial score (nSPS) is 10.3. The number of para-hydroxylation sites is 1. The number of anilines is 2. The smallest absolute Gasteiger partial charge is 0.230 e. The Morgan fingerprint density at radius 1 is 1.40 bits per heavy atom. The standard InChI is InChI=1S/C16H19N3O/c1-5-10-18-11-9-17-16(18)19(14(4)20)15-12(2)7-6-8-13(15)3/h5-9,11H,1,10H2,2-4H3. The summed E-state index contributed by atoms with van der Waals surface area (Å²) in [5, 5.41) is 0. The number of allylic oxidation sites excluding steroid dienone is 1. The summed E-state index contributed by atoms with van der Waals surface area (Å²) in [5.41, 5.74) is 3.00. The zero-order chi connectivity index (χ0) is 14.7. The van der Waals surface area contributed by atoms with Crippen molar-refractivity contribution in [3.05, 3.63) is 54.4 Å². The molecule has 4 nitrogen and oxygen atoms in total. The number of benzene rings is 1. The van der Waals surface area contributed by atoms with Crippen LogP contribution in [0, 0.1) is 13.8 Å². The van der Waals surface area contributed by atoms with E-state index in [0.717, 1.165) is 16.8 Å². The first-order valence-electron chi connectivity index (χ1n) is 6.55. The molecule has 0 atom stereocenters. The molecule has 1 aromatic carbocycles. The zero-order valence-electron chi connectivity index (χ0n) is 12.1. The van der Waals surface area contributed by atoms with Crippen molar-refractivity contribution in [3.8, 4) is 0 Å². The Balaban J connectivity index is 2.60. The highest BCUT2D eigenvalue weighted by atomic mass is 16.2. The fourth-order valence-corrected chi connectivity index (χ4v) is 2.35. The molecule has 1 heterocycles. The number of hydrogen-bond acceptors (Lipinski definition) is 2. The molecule has 20 heavy (non-hydrogen) atoms. The number of amides is 1. The van der Waals surface area contributed by atoms with Crippen molar-refractivity contribution >= 4 is 17.5 Å². The first-order valence-corrected chi connectivity index (χ1v) is 6.55. The summed E-state index contributed by atoms with van der Waals surface area (Å²) in [5.74, 6) is 0.564. The monoisotopic (exact) mass is 269 g/mol. The van der Waals surface area contributed by atoms with Gasteiger partial charge < -0.3 is 4.57 Å². The van der Waals surface area contributed by atoms with Crippen LogP contribution in [0.4, 0.5) is 11.6 Å². The van der Waals surface area contributed by atoms with Gasteiger partial charge in [0, 0.05) is 25.9 Å². The average Bonchev–Trinajstić information content (AvgIpc) is 2.82. The minimum Gasteiger partial charge on any atom is -0.313 e. The quantitative estimate of drug-likeness (QED) is 0.798. The minimum atomic E-state index is -0.0566. The molecule has 104 valence electrons. The Kier molecular flexibility index (Phi) is 4.03. The first kappa shape index (κ1) is 14.1. The Bertz CT molecular complexity index is 623. The summed E-state index contributed by atoms with van der Waals surface area (Å²) in [6.45, 7) is 9.90. The van der Waals surface area contributed by atoms with E-state index in [4.69, 9.17) is 0 Å². The van der Waals surface area contributed by atoms with Crippen LogP contribution >= 0.6 is 0 Å². The van der Waals surface area contributed by atoms with Crippen LogP contribution < -0.4 is 4.90 Å². The molecular weight excluding hydrogens is 250 g/mol. The molecule has 0 N–H and O–H groups in total. The van der Waals surface area contributed by atoms with Gasteiger partial charge in [-0.2, -0.15) is 0 Å². The van der Waals surface area contributed by atoms with E-state index in [1.165, 1.54) is 0 Å². The molecule has 0 unspecified atom stereocenters. The molecule has 0 spiro atoms. The molecule has 0 fully saturated rings. The largest absolute Gasteiger partial charge is 0.313 e. The van der Waals surface area contributed by atoms with E-state index in [1.807, 2.05) is 42.8 Å². The Hall–Kier alpha value is -2.36. The highest BCUT2D eigenvalue weighted by molar-refractivity contribution is 5.99. The number of imidazole rings is 1. The zero-order valence-corrected chi connectivity index (χ0v) is 12.1. The fourth-order valence-electron chi connectivity index (χ4n) is 2.35. The third-order valence-corrected chi connectivity index (χ3v) is 3.20. The predicted molar refractivity (Wildman–Crippen MR) is 81.2 cm³/mol. The van der Waals surface area contributed by atoms with Gasteiger partial charge in [-0.15, -0.1) is 6.58 Å². The highest BCUT2D eigenvalue weighted by Gasteiger charge is 2.21. The summed E-state index contributed by atoms with van der Waals surface area (Å²) < 4.78 is 1.90. The summed E-state index contributed by atoms with van der Waals surface area (Å²) in [6.07, 6.45) is 5.33. The van der Waals surface area contributed by atoms with Crippen LogP contribution in [0.15, 0.2) is 43.2 Å². The van der Waals surface area contributed by atoms with Crippen LogP contribution in [0.1, 0.15) is 18.1 Å². The van der Waals surface area contributed by atoms with Crippen molar-refractivity contribution in [2.24, 2.45) is 0 Å². The van der Waals surface area contributed by atoms with Crippen molar-refractivity contribution in [1.82, 2.24) is 9.55 Å². The van der Waals surface area contributed by atoms with E-state index in [2.05, 4.69) is 11.6 Å². The molecule has 1 amide bonds. The van der Waals surface area contributed by atoms with E-state index in [0.29, 0.717) is 12.5 Å². The molecule has 0 radical (unpaired) electrons. The summed E-state index contributed by atoms with van der Waals surface area (Å²) in [7, 11) is 0. The van der Waals surface area contributed by atoms with Crippen molar-refractivity contribution in [2.75, 3.05) is 4.90 Å². The Morgan fingerprint density at radius 3 is 2.60 bits per heavy atom. The molecule has 0 saturated carbocycles. The number of carbonyl (C=O) groups excluding carboxylic acids is 1. The van der Waals surface area contributed by atoms with Crippen molar-refractivity contribution in [2.45, 2.75) is 27.3 Å². The van der Waals surface area contributed by atoms with Gasteiger partial charge in [0.2, 0.25) is 11.9 Å². The van der Waals surface area contributed by atoms with Gasteiger partial charge in [0.1, 0.15) is 0 Å². The molecule has 0 aliphatic carbocycles. The van der Waals surface area contributed by atoms with Gasteiger partial charge in [0.05, 0.1) is 5.69 Å². The number of carbonyl (C=O) groups is 1. The minimum absolute atomic E-state index is 0.0566. The molecule has 0 saturated heterocycles. The van der Waals surface area contributed by atoms with E-state index in [-0.39, 0.29) is 5.91 Å². The van der Waals surface area contributed by atoms with E-state index < -0.39 is 0 Å². The summed E-state index contributed by atoms with van der Waals surface area (Å²) >= 11 is 0. The third kappa shape index (κ3) is 2.50. The lowest BCUT2D eigenvalue weighted by Gasteiger charge is -2.24.